The van der Waals surface area contributed by atoms with Crippen molar-refractivity contribution in [1.82, 2.24) is 9.55 Å². The van der Waals surface area contributed by atoms with Gasteiger partial charge in [-0.15, -0.1) is 11.3 Å². The van der Waals surface area contributed by atoms with Gasteiger partial charge in [-0.25, -0.2) is 4.98 Å². The minimum atomic E-state index is 0.685. The summed E-state index contributed by atoms with van der Waals surface area (Å²) in [5, 5.41) is 0. The molecule has 2 aromatic heterocycles. The minimum absolute atomic E-state index is 0.685. The van der Waals surface area contributed by atoms with Gasteiger partial charge in [-0.05, 0) is 47.4 Å². The van der Waals surface area contributed by atoms with Crippen LogP contribution in [0.4, 0.5) is 0 Å². The molecule has 3 rings (SSSR count). The van der Waals surface area contributed by atoms with E-state index in [1.807, 2.05) is 0 Å². The predicted octanol–water partition coefficient (Wildman–Crippen LogP) is 3.21. The van der Waals surface area contributed by atoms with Crippen molar-refractivity contribution in [3.05, 3.63) is 27.4 Å². The Bertz CT molecular complexity index is 559. The predicted molar refractivity (Wildman–Crippen MR) is 78.9 cm³/mol. The molecule has 18 heavy (non-hydrogen) atoms. The lowest BCUT2D eigenvalue weighted by atomic mass is 10.1. The highest BCUT2D eigenvalue weighted by Crippen LogP contribution is 2.34. The van der Waals surface area contributed by atoms with E-state index in [-0.39, 0.29) is 0 Å². The Morgan fingerprint density at radius 3 is 3.00 bits per heavy atom. The highest BCUT2D eigenvalue weighted by atomic mass is 79.9. The largest absolute Gasteiger partial charge is 0.331 e. The number of aromatic nitrogens is 2. The zero-order valence-electron chi connectivity index (χ0n) is 10.2. The van der Waals surface area contributed by atoms with E-state index < -0.39 is 0 Å². The van der Waals surface area contributed by atoms with Crippen LogP contribution >= 0.6 is 27.3 Å². The Morgan fingerprint density at radius 2 is 2.28 bits per heavy atom. The molecule has 0 saturated carbocycles. The molecule has 3 nitrogen and oxygen atoms in total. The van der Waals surface area contributed by atoms with Crippen molar-refractivity contribution in [2.75, 3.05) is 6.54 Å². The van der Waals surface area contributed by atoms with Crippen molar-refractivity contribution in [1.29, 1.82) is 0 Å². The van der Waals surface area contributed by atoms with Crippen molar-refractivity contribution >= 4 is 27.3 Å². The van der Waals surface area contributed by atoms with Gasteiger partial charge >= 0.3 is 0 Å². The molecule has 0 bridgehead atoms. The molecule has 0 unspecified atom stereocenters. The van der Waals surface area contributed by atoms with Crippen LogP contribution in [0, 0.1) is 0 Å². The van der Waals surface area contributed by atoms with Gasteiger partial charge in [0.2, 0.25) is 0 Å². The van der Waals surface area contributed by atoms with Crippen LogP contribution in [-0.4, -0.2) is 16.1 Å². The summed E-state index contributed by atoms with van der Waals surface area (Å²) in [6, 6.07) is 4.23. The van der Waals surface area contributed by atoms with E-state index in [2.05, 4.69) is 32.6 Å². The average molecular weight is 326 g/mol. The first kappa shape index (κ1) is 12.4. The summed E-state index contributed by atoms with van der Waals surface area (Å²) in [5.74, 6) is 1.24. The van der Waals surface area contributed by atoms with Crippen LogP contribution in [0.5, 0.6) is 0 Å². The summed E-state index contributed by atoms with van der Waals surface area (Å²) >= 11 is 5.27. The van der Waals surface area contributed by atoms with Crippen LogP contribution in [0.15, 0.2) is 15.9 Å². The van der Waals surface area contributed by atoms with Gasteiger partial charge in [-0.1, -0.05) is 0 Å². The third kappa shape index (κ3) is 2.15. The Labute approximate surface area is 119 Å². The molecule has 2 aromatic rings. The van der Waals surface area contributed by atoms with Crippen LogP contribution < -0.4 is 5.73 Å². The fourth-order valence-corrected chi connectivity index (χ4v) is 3.97. The SMILES string of the molecule is NCCc1c(-c2ccc(Br)s2)nc2n1CCCC2. The molecular weight excluding hydrogens is 310 g/mol. The van der Waals surface area contributed by atoms with E-state index >= 15 is 0 Å². The topological polar surface area (TPSA) is 43.8 Å². The van der Waals surface area contributed by atoms with Gasteiger partial charge in [0.05, 0.1) is 8.66 Å². The molecule has 0 radical (unpaired) electrons. The lowest BCUT2D eigenvalue weighted by molar-refractivity contribution is 0.508. The maximum absolute atomic E-state index is 5.76. The number of thiophene rings is 1. The van der Waals surface area contributed by atoms with Gasteiger partial charge in [-0.2, -0.15) is 0 Å². The minimum Gasteiger partial charge on any atom is -0.331 e. The van der Waals surface area contributed by atoms with Gasteiger partial charge in [0.1, 0.15) is 11.5 Å². The molecule has 0 atom stereocenters. The van der Waals surface area contributed by atoms with E-state index in [0.29, 0.717) is 6.54 Å². The molecule has 3 heterocycles. The fourth-order valence-electron chi connectivity index (χ4n) is 2.57. The van der Waals surface area contributed by atoms with E-state index in [9.17, 15) is 0 Å². The summed E-state index contributed by atoms with van der Waals surface area (Å²) in [6.45, 7) is 1.79. The van der Waals surface area contributed by atoms with Crippen molar-refractivity contribution in [3.63, 3.8) is 0 Å². The van der Waals surface area contributed by atoms with Crippen molar-refractivity contribution in [2.24, 2.45) is 5.73 Å². The molecule has 0 aliphatic carbocycles. The fraction of sp³-hybridized carbons (Fsp3) is 0.462. The number of fused-ring (bicyclic) bond motifs is 1. The van der Waals surface area contributed by atoms with Crippen LogP contribution in [0.25, 0.3) is 10.6 Å². The maximum atomic E-state index is 5.76. The lowest BCUT2D eigenvalue weighted by Gasteiger charge is -2.16. The van der Waals surface area contributed by atoms with Crippen LogP contribution in [0.1, 0.15) is 24.4 Å². The number of aryl methyl sites for hydroxylation is 1. The average Bonchev–Trinajstić information content (AvgIpc) is 2.95. The number of nitrogens with two attached hydrogens (primary N) is 1. The zero-order valence-corrected chi connectivity index (χ0v) is 12.6. The van der Waals surface area contributed by atoms with Gasteiger partial charge in [0.15, 0.2) is 0 Å². The van der Waals surface area contributed by atoms with E-state index in [1.165, 1.54) is 29.2 Å². The molecule has 2 N–H and O–H groups in total. The number of imidazole rings is 1. The summed E-state index contributed by atoms with van der Waals surface area (Å²) in [7, 11) is 0. The first-order valence-electron chi connectivity index (χ1n) is 6.33. The van der Waals surface area contributed by atoms with Gasteiger partial charge < -0.3 is 10.3 Å². The van der Waals surface area contributed by atoms with Crippen LogP contribution in [0.3, 0.4) is 0 Å². The summed E-state index contributed by atoms with van der Waals surface area (Å²) < 4.78 is 3.54. The number of hydrogen-bond acceptors (Lipinski definition) is 3. The van der Waals surface area contributed by atoms with Crippen LogP contribution in [-0.2, 0) is 19.4 Å². The molecule has 0 aromatic carbocycles. The number of nitrogens with zero attached hydrogens (tertiary/aromatic N) is 2. The molecule has 0 saturated heterocycles. The number of hydrogen-bond donors (Lipinski definition) is 1. The van der Waals surface area contributed by atoms with Gasteiger partial charge in [0, 0.05) is 25.1 Å². The number of rotatable bonds is 3. The van der Waals surface area contributed by atoms with E-state index in [0.717, 1.165) is 28.9 Å². The standard InChI is InChI=1S/C13H16BrN3S/c14-11-5-4-10(18-11)13-9(6-7-15)17-8-2-1-3-12(17)16-13/h4-5H,1-3,6-8,15H2. The van der Waals surface area contributed by atoms with Gasteiger partial charge in [0.25, 0.3) is 0 Å². The first-order valence-corrected chi connectivity index (χ1v) is 7.94. The molecule has 1 aliphatic rings. The third-order valence-electron chi connectivity index (χ3n) is 3.37. The highest BCUT2D eigenvalue weighted by molar-refractivity contribution is 9.11. The van der Waals surface area contributed by atoms with Crippen LogP contribution in [0.2, 0.25) is 0 Å². The van der Waals surface area contributed by atoms with Crippen molar-refractivity contribution in [2.45, 2.75) is 32.2 Å². The summed E-state index contributed by atoms with van der Waals surface area (Å²) in [6.07, 6.45) is 4.53. The Morgan fingerprint density at radius 1 is 1.39 bits per heavy atom. The molecule has 96 valence electrons. The van der Waals surface area contributed by atoms with E-state index in [1.54, 1.807) is 11.3 Å². The maximum Gasteiger partial charge on any atom is 0.109 e. The third-order valence-corrected chi connectivity index (χ3v) is 5.00. The lowest BCUT2D eigenvalue weighted by Crippen LogP contribution is -2.15. The number of halogens is 1. The highest BCUT2D eigenvalue weighted by Gasteiger charge is 2.20. The second kappa shape index (κ2) is 5.15. The quantitative estimate of drug-likeness (QED) is 0.941. The summed E-state index contributed by atoms with van der Waals surface area (Å²) in [4.78, 5) is 6.09. The monoisotopic (exact) mass is 325 g/mol. The molecule has 0 spiro atoms. The Hall–Kier alpha value is -0.650. The molecule has 0 fully saturated rings. The Balaban J connectivity index is 2.10. The summed E-state index contributed by atoms with van der Waals surface area (Å²) in [5.41, 5.74) is 8.23. The normalized spacial score (nSPS) is 14.8. The zero-order chi connectivity index (χ0) is 12.5. The Kier molecular flexibility index (Phi) is 3.54. The second-order valence-electron chi connectivity index (χ2n) is 4.57. The smallest absolute Gasteiger partial charge is 0.109 e. The van der Waals surface area contributed by atoms with Gasteiger partial charge in [-0.3, -0.25) is 0 Å². The van der Waals surface area contributed by atoms with E-state index in [4.69, 9.17) is 10.7 Å². The first-order chi connectivity index (χ1) is 8.79. The van der Waals surface area contributed by atoms with Crippen molar-refractivity contribution < 1.29 is 0 Å². The van der Waals surface area contributed by atoms with Crippen molar-refractivity contribution in [3.8, 4) is 10.6 Å². The molecule has 5 heteroatoms. The molecular formula is C13H16BrN3S. The molecule has 0 amide bonds. The molecule has 1 aliphatic heterocycles. The second-order valence-corrected chi connectivity index (χ2v) is 7.04.